The van der Waals surface area contributed by atoms with Crippen molar-refractivity contribution in [2.24, 2.45) is 5.73 Å². The minimum atomic E-state index is -5.74. The van der Waals surface area contributed by atoms with E-state index in [9.17, 15) is 21.6 Å². The van der Waals surface area contributed by atoms with Gasteiger partial charge < -0.3 is 10.5 Å². The minimum Gasteiger partial charge on any atom is -0.457 e. The fraction of sp³-hybridized carbons (Fsp3) is 0.200. The number of sulfonamides is 1. The summed E-state index contributed by atoms with van der Waals surface area (Å²) in [5.74, 6) is 0.801. The number of aryl methyl sites for hydroxylation is 1. The van der Waals surface area contributed by atoms with E-state index in [1.165, 1.54) is 24.3 Å². The van der Waals surface area contributed by atoms with E-state index < -0.39 is 26.0 Å². The summed E-state index contributed by atoms with van der Waals surface area (Å²) >= 11 is 6.33. The van der Waals surface area contributed by atoms with Gasteiger partial charge in [-0.1, -0.05) is 35.9 Å². The number of hydrogen-bond donors (Lipinski definition) is 1. The summed E-state index contributed by atoms with van der Waals surface area (Å²) in [4.78, 5) is 0. The Bertz CT molecular complexity index is 1120. The zero-order valence-corrected chi connectivity index (χ0v) is 17.4. The van der Waals surface area contributed by atoms with Crippen molar-refractivity contribution in [1.82, 2.24) is 3.89 Å². The molecule has 10 heteroatoms. The maximum atomic E-state index is 13.6. The molecule has 1 aliphatic rings. The number of halogens is 4. The zero-order valence-electron chi connectivity index (χ0n) is 15.9. The molecule has 0 bridgehead atoms. The second-order valence-corrected chi connectivity index (χ2v) is 9.17. The van der Waals surface area contributed by atoms with E-state index >= 15 is 0 Å². The number of benzene rings is 2. The van der Waals surface area contributed by atoms with Crippen LogP contribution in [-0.4, -0.2) is 27.0 Å². The molecule has 0 saturated heterocycles. The highest BCUT2D eigenvalue weighted by atomic mass is 35.5. The van der Waals surface area contributed by atoms with Gasteiger partial charge in [0.25, 0.3) is 0 Å². The van der Waals surface area contributed by atoms with Crippen LogP contribution in [0.5, 0.6) is 11.5 Å². The van der Waals surface area contributed by atoms with Gasteiger partial charge in [-0.2, -0.15) is 21.6 Å². The van der Waals surface area contributed by atoms with E-state index in [-0.39, 0.29) is 22.8 Å². The molecule has 5 nitrogen and oxygen atoms in total. The molecular weight excluding hydrogens is 441 g/mol. The number of rotatable bonds is 5. The number of para-hydroxylation sites is 1. The van der Waals surface area contributed by atoms with Crippen LogP contribution in [0.2, 0.25) is 5.02 Å². The number of nitrogens with zero attached hydrogens (tertiary/aromatic N) is 1. The number of ether oxygens (including phenoxy) is 1. The minimum absolute atomic E-state index is 0.129. The molecule has 30 heavy (non-hydrogen) atoms. The molecule has 0 fully saturated rings. The molecule has 0 radical (unpaired) electrons. The third kappa shape index (κ3) is 3.85. The summed E-state index contributed by atoms with van der Waals surface area (Å²) < 4.78 is 70.4. The summed E-state index contributed by atoms with van der Waals surface area (Å²) in [5.41, 5.74) is 0.496. The van der Waals surface area contributed by atoms with Crippen LogP contribution in [0.15, 0.2) is 66.4 Å². The first-order valence-corrected chi connectivity index (χ1v) is 10.6. The summed E-state index contributed by atoms with van der Waals surface area (Å²) in [7, 11) is -5.74. The summed E-state index contributed by atoms with van der Waals surface area (Å²) in [5, 5.41) is -0.178. The molecule has 1 heterocycles. The lowest BCUT2D eigenvalue weighted by atomic mass is 10.1. The van der Waals surface area contributed by atoms with Gasteiger partial charge >= 0.3 is 15.5 Å². The predicted octanol–water partition coefficient (Wildman–Crippen LogP) is 5.01. The van der Waals surface area contributed by atoms with Gasteiger partial charge in [0, 0.05) is 24.3 Å². The van der Waals surface area contributed by atoms with E-state index in [1.807, 2.05) is 0 Å². The standard InChI is InChI=1S/C20H19ClF3N2O3S/c1-14-10-18(17(21)11-19(14)29-16-7-3-2-4-8-16)26(30(27,28)20(22,23)24)9-5-6-15(12-25)13-26/h2-8,10-11,13H,9,12,25H2,1H3/q+1. The monoisotopic (exact) mass is 459 g/mol. The van der Waals surface area contributed by atoms with Crippen molar-refractivity contribution in [3.63, 3.8) is 0 Å². The molecule has 0 aromatic heterocycles. The maximum Gasteiger partial charge on any atom is 0.550 e. The van der Waals surface area contributed by atoms with Gasteiger partial charge in [-0.25, -0.2) is 0 Å². The Labute approximate surface area is 177 Å². The first-order valence-electron chi connectivity index (χ1n) is 8.83. The topological polar surface area (TPSA) is 69.4 Å². The molecule has 0 saturated carbocycles. The lowest BCUT2D eigenvalue weighted by Gasteiger charge is -2.35. The summed E-state index contributed by atoms with van der Waals surface area (Å²) in [6.07, 6.45) is 3.82. The molecule has 1 aliphatic heterocycles. The maximum absolute atomic E-state index is 13.6. The van der Waals surface area contributed by atoms with Gasteiger partial charge in [0.15, 0.2) is 5.69 Å². The van der Waals surface area contributed by atoms with Gasteiger partial charge in [0.05, 0.1) is 0 Å². The fourth-order valence-electron chi connectivity index (χ4n) is 3.16. The molecule has 1 unspecified atom stereocenters. The molecule has 2 N–H and O–H groups in total. The Morgan fingerprint density at radius 3 is 2.47 bits per heavy atom. The smallest absolute Gasteiger partial charge is 0.457 e. The second-order valence-electron chi connectivity index (χ2n) is 6.69. The highest BCUT2D eigenvalue weighted by molar-refractivity contribution is 7.91. The number of quaternary nitrogens is 1. The number of nitrogens with two attached hydrogens (primary N) is 1. The zero-order chi connectivity index (χ0) is 22.2. The van der Waals surface area contributed by atoms with Gasteiger partial charge in [0.1, 0.15) is 29.3 Å². The van der Waals surface area contributed by atoms with Crippen LogP contribution >= 0.6 is 11.6 Å². The van der Waals surface area contributed by atoms with E-state index in [4.69, 9.17) is 22.1 Å². The Hall–Kier alpha value is -2.33. The first kappa shape index (κ1) is 22.4. The lowest BCUT2D eigenvalue weighted by Crippen LogP contribution is -2.56. The average Bonchev–Trinajstić information content (AvgIpc) is 2.70. The van der Waals surface area contributed by atoms with E-state index in [0.717, 1.165) is 6.20 Å². The van der Waals surface area contributed by atoms with Gasteiger partial charge in [-0.3, -0.25) is 0 Å². The summed E-state index contributed by atoms with van der Waals surface area (Å²) in [6, 6.07) is 11.3. The van der Waals surface area contributed by atoms with Crippen LogP contribution in [0, 0.1) is 6.92 Å². The highest BCUT2D eigenvalue weighted by Crippen LogP contribution is 2.45. The summed E-state index contributed by atoms with van der Waals surface area (Å²) in [6.45, 7) is 0.987. The average molecular weight is 460 g/mol. The predicted molar refractivity (Wildman–Crippen MR) is 111 cm³/mol. The Balaban J connectivity index is 2.20. The van der Waals surface area contributed by atoms with Crippen LogP contribution in [-0.2, 0) is 10.0 Å². The Morgan fingerprint density at radius 1 is 1.20 bits per heavy atom. The molecular formula is C20H19ClF3N2O3S+. The van der Waals surface area contributed by atoms with Crippen molar-refractivity contribution in [1.29, 1.82) is 0 Å². The number of alkyl halides is 3. The molecule has 0 amide bonds. The molecule has 2 aromatic carbocycles. The molecule has 0 spiro atoms. The van der Waals surface area contributed by atoms with Crippen LogP contribution in [0.4, 0.5) is 18.9 Å². The van der Waals surface area contributed by atoms with Crippen molar-refractivity contribution >= 4 is 27.3 Å². The van der Waals surface area contributed by atoms with Gasteiger partial charge in [0.2, 0.25) is 0 Å². The van der Waals surface area contributed by atoms with Gasteiger partial charge in [-0.05, 0) is 30.7 Å². The largest absolute Gasteiger partial charge is 0.550 e. The van der Waals surface area contributed by atoms with E-state index in [1.54, 1.807) is 37.3 Å². The second kappa shape index (κ2) is 8.07. The highest BCUT2D eigenvalue weighted by Gasteiger charge is 2.62. The van der Waals surface area contributed by atoms with E-state index in [2.05, 4.69) is 0 Å². The Morgan fingerprint density at radius 2 is 1.87 bits per heavy atom. The molecule has 160 valence electrons. The Kier molecular flexibility index (Phi) is 6.01. The quantitative estimate of drug-likeness (QED) is 0.638. The van der Waals surface area contributed by atoms with E-state index in [0.29, 0.717) is 17.1 Å². The number of hydrogen-bond acceptors (Lipinski definition) is 4. The van der Waals surface area contributed by atoms with Crippen molar-refractivity contribution in [2.75, 3.05) is 13.1 Å². The third-order valence-electron chi connectivity index (χ3n) is 4.66. The molecule has 3 rings (SSSR count). The SMILES string of the molecule is Cc1cc([N+]2(S(=O)(=O)C(F)(F)F)C=C(CN)C=CC2)c(Cl)cc1Oc1ccccc1. The van der Waals surface area contributed by atoms with Crippen molar-refractivity contribution < 1.29 is 26.3 Å². The lowest BCUT2D eigenvalue weighted by molar-refractivity contribution is -0.0473. The fourth-order valence-corrected chi connectivity index (χ4v) is 4.85. The van der Waals surface area contributed by atoms with Crippen molar-refractivity contribution in [3.8, 4) is 11.5 Å². The van der Waals surface area contributed by atoms with Crippen molar-refractivity contribution in [3.05, 3.63) is 77.0 Å². The molecule has 2 aromatic rings. The first-order chi connectivity index (χ1) is 14.0. The van der Waals surface area contributed by atoms with Crippen LogP contribution in [0.25, 0.3) is 0 Å². The normalized spacial score (nSPS) is 19.5. The van der Waals surface area contributed by atoms with Crippen LogP contribution in [0.3, 0.4) is 0 Å². The van der Waals surface area contributed by atoms with Gasteiger partial charge in [-0.15, -0.1) is 3.89 Å². The van der Waals surface area contributed by atoms with Crippen molar-refractivity contribution in [2.45, 2.75) is 12.4 Å². The van der Waals surface area contributed by atoms with Crippen LogP contribution in [0.1, 0.15) is 5.56 Å². The van der Waals surface area contributed by atoms with Crippen LogP contribution < -0.4 is 14.4 Å². The third-order valence-corrected chi connectivity index (χ3v) is 6.86. The molecule has 1 atom stereocenters. The molecule has 0 aliphatic carbocycles.